The van der Waals surface area contributed by atoms with Gasteiger partial charge >= 0.3 is 6.09 Å². The fourth-order valence-electron chi connectivity index (χ4n) is 0.976. The molecular formula is C10H11NO2. The first-order valence-electron chi connectivity index (χ1n) is 3.89. The van der Waals surface area contributed by atoms with Crippen LogP contribution in [-0.2, 0) is 6.42 Å². The maximum absolute atomic E-state index is 10.4. The highest BCUT2D eigenvalue weighted by atomic mass is 16.5. The molecule has 0 saturated carbocycles. The van der Waals surface area contributed by atoms with Crippen LogP contribution in [0.25, 0.3) is 0 Å². The molecule has 2 N–H and O–H groups in total. The molecular weight excluding hydrogens is 166 g/mol. The van der Waals surface area contributed by atoms with Crippen molar-refractivity contribution in [2.24, 2.45) is 5.73 Å². The number of amides is 1. The number of allylic oxidation sites excluding steroid dienone is 1. The molecule has 3 heteroatoms. The van der Waals surface area contributed by atoms with E-state index in [1.807, 2.05) is 18.2 Å². The van der Waals surface area contributed by atoms with Crippen molar-refractivity contribution in [1.29, 1.82) is 0 Å². The molecule has 1 amide bonds. The Morgan fingerprint density at radius 2 is 2.08 bits per heavy atom. The maximum atomic E-state index is 10.4. The average Bonchev–Trinajstić information content (AvgIpc) is 2.08. The summed E-state index contributed by atoms with van der Waals surface area (Å²) in [6.07, 6.45) is 1.82. The van der Waals surface area contributed by atoms with Crippen LogP contribution < -0.4 is 10.5 Å². The first kappa shape index (κ1) is 9.32. The lowest BCUT2D eigenvalue weighted by Crippen LogP contribution is -2.16. The molecule has 0 aliphatic rings. The molecule has 1 aromatic rings. The second kappa shape index (κ2) is 4.30. The number of ether oxygens (including phenoxy) is 1. The van der Waals surface area contributed by atoms with E-state index in [1.54, 1.807) is 12.1 Å². The highest BCUT2D eigenvalue weighted by Gasteiger charge is 1.97. The van der Waals surface area contributed by atoms with Crippen LogP contribution in [-0.4, -0.2) is 6.09 Å². The lowest BCUT2D eigenvalue weighted by molar-refractivity contribution is 0.211. The molecule has 0 aliphatic heterocycles. The van der Waals surface area contributed by atoms with Crippen LogP contribution in [0.4, 0.5) is 4.79 Å². The summed E-state index contributed by atoms with van der Waals surface area (Å²) < 4.78 is 4.66. The molecule has 0 saturated heterocycles. The van der Waals surface area contributed by atoms with Gasteiger partial charge in [-0.2, -0.15) is 0 Å². The van der Waals surface area contributed by atoms with Gasteiger partial charge in [-0.3, -0.25) is 0 Å². The lowest BCUT2D eigenvalue weighted by Gasteiger charge is -2.01. The van der Waals surface area contributed by atoms with E-state index in [-0.39, 0.29) is 0 Å². The Kier molecular flexibility index (Phi) is 3.09. The van der Waals surface area contributed by atoms with E-state index in [4.69, 9.17) is 5.73 Å². The minimum Gasteiger partial charge on any atom is -0.411 e. The Balaban J connectivity index is 2.69. The van der Waals surface area contributed by atoms with Crippen LogP contribution in [0.2, 0.25) is 0 Å². The van der Waals surface area contributed by atoms with Gasteiger partial charge in [-0.25, -0.2) is 4.79 Å². The van der Waals surface area contributed by atoms with E-state index in [0.29, 0.717) is 5.75 Å². The van der Waals surface area contributed by atoms with Gasteiger partial charge in [0.1, 0.15) is 5.75 Å². The number of carbonyl (C=O) groups excluding carboxylic acids is 1. The van der Waals surface area contributed by atoms with E-state index in [2.05, 4.69) is 11.3 Å². The predicted molar refractivity (Wildman–Crippen MR) is 50.6 cm³/mol. The molecule has 0 aliphatic carbocycles. The molecule has 0 radical (unpaired) electrons. The lowest BCUT2D eigenvalue weighted by atomic mass is 10.1. The van der Waals surface area contributed by atoms with Gasteiger partial charge in [-0.15, -0.1) is 6.58 Å². The molecule has 0 spiro atoms. The average molecular weight is 177 g/mol. The van der Waals surface area contributed by atoms with E-state index in [1.165, 1.54) is 0 Å². The fraction of sp³-hybridized carbons (Fsp3) is 0.100. The van der Waals surface area contributed by atoms with Gasteiger partial charge in [0.05, 0.1) is 0 Å². The number of hydrogen-bond donors (Lipinski definition) is 1. The van der Waals surface area contributed by atoms with Crippen molar-refractivity contribution < 1.29 is 9.53 Å². The largest absolute Gasteiger partial charge is 0.411 e. The number of nitrogens with two attached hydrogens (primary N) is 1. The Bertz CT molecular complexity index is 303. The Morgan fingerprint density at radius 3 is 2.54 bits per heavy atom. The summed E-state index contributed by atoms with van der Waals surface area (Å²) >= 11 is 0. The third kappa shape index (κ3) is 2.99. The number of carbonyl (C=O) groups is 1. The maximum Gasteiger partial charge on any atom is 0.409 e. The fourth-order valence-corrected chi connectivity index (χ4v) is 0.976. The number of hydrogen-bond acceptors (Lipinski definition) is 2. The molecule has 0 unspecified atom stereocenters. The third-order valence-corrected chi connectivity index (χ3v) is 1.52. The van der Waals surface area contributed by atoms with Crippen molar-refractivity contribution >= 4 is 6.09 Å². The van der Waals surface area contributed by atoms with Crippen LogP contribution in [0.3, 0.4) is 0 Å². The smallest absolute Gasteiger partial charge is 0.409 e. The van der Waals surface area contributed by atoms with E-state index in [0.717, 1.165) is 12.0 Å². The molecule has 3 nitrogen and oxygen atoms in total. The number of primary amides is 1. The molecule has 1 aromatic carbocycles. The zero-order valence-corrected chi connectivity index (χ0v) is 7.19. The van der Waals surface area contributed by atoms with Gasteiger partial charge in [0.2, 0.25) is 0 Å². The number of benzene rings is 1. The van der Waals surface area contributed by atoms with E-state index in [9.17, 15) is 4.79 Å². The summed E-state index contributed by atoms with van der Waals surface area (Å²) in [5.74, 6) is 0.459. The van der Waals surface area contributed by atoms with Crippen molar-refractivity contribution in [2.45, 2.75) is 6.42 Å². The van der Waals surface area contributed by atoms with Crippen molar-refractivity contribution in [3.8, 4) is 5.75 Å². The minimum atomic E-state index is -0.795. The minimum absolute atomic E-state index is 0.459. The third-order valence-electron chi connectivity index (χ3n) is 1.52. The summed E-state index contributed by atoms with van der Waals surface area (Å²) in [4.78, 5) is 10.4. The second-order valence-electron chi connectivity index (χ2n) is 2.56. The van der Waals surface area contributed by atoms with Crippen molar-refractivity contribution in [3.63, 3.8) is 0 Å². The summed E-state index contributed by atoms with van der Waals surface area (Å²) in [7, 11) is 0. The van der Waals surface area contributed by atoms with Crippen LogP contribution >= 0.6 is 0 Å². The summed E-state index contributed by atoms with van der Waals surface area (Å²) in [5, 5.41) is 0. The van der Waals surface area contributed by atoms with Crippen molar-refractivity contribution in [3.05, 3.63) is 42.5 Å². The first-order chi connectivity index (χ1) is 6.22. The monoisotopic (exact) mass is 177 g/mol. The van der Waals surface area contributed by atoms with E-state index >= 15 is 0 Å². The quantitative estimate of drug-likeness (QED) is 0.716. The Hall–Kier alpha value is -1.77. The van der Waals surface area contributed by atoms with Crippen molar-refractivity contribution in [1.82, 2.24) is 0 Å². The van der Waals surface area contributed by atoms with Crippen LogP contribution in [0, 0.1) is 0 Å². The summed E-state index contributed by atoms with van der Waals surface area (Å²) in [6, 6.07) is 7.12. The van der Waals surface area contributed by atoms with E-state index < -0.39 is 6.09 Å². The highest BCUT2D eigenvalue weighted by Crippen LogP contribution is 2.12. The van der Waals surface area contributed by atoms with Gasteiger partial charge in [0.15, 0.2) is 0 Å². The summed E-state index contributed by atoms with van der Waals surface area (Å²) in [6.45, 7) is 3.62. The van der Waals surface area contributed by atoms with Crippen molar-refractivity contribution in [2.75, 3.05) is 0 Å². The molecule has 0 fully saturated rings. The topological polar surface area (TPSA) is 52.3 Å². The molecule has 13 heavy (non-hydrogen) atoms. The molecule has 0 bridgehead atoms. The first-order valence-corrected chi connectivity index (χ1v) is 3.89. The molecule has 68 valence electrons. The zero-order valence-electron chi connectivity index (χ0n) is 7.19. The van der Waals surface area contributed by atoms with Crippen LogP contribution in [0.1, 0.15) is 5.56 Å². The molecule has 0 heterocycles. The Labute approximate surface area is 76.8 Å². The second-order valence-corrected chi connectivity index (χ2v) is 2.56. The standard InChI is InChI=1S/C10H11NO2/c1-2-3-8-4-6-9(7-5-8)13-10(11)12/h2,4-7H,1,3H2,(H2,11,12). The van der Waals surface area contributed by atoms with Crippen LogP contribution in [0.5, 0.6) is 5.75 Å². The predicted octanol–water partition coefficient (Wildman–Crippen LogP) is 1.87. The summed E-state index contributed by atoms with van der Waals surface area (Å²) in [5.41, 5.74) is 5.96. The van der Waals surface area contributed by atoms with Gasteiger partial charge in [0.25, 0.3) is 0 Å². The molecule has 1 rings (SSSR count). The van der Waals surface area contributed by atoms with Gasteiger partial charge < -0.3 is 10.5 Å². The van der Waals surface area contributed by atoms with Gasteiger partial charge in [-0.1, -0.05) is 18.2 Å². The normalized spacial score (nSPS) is 9.23. The molecule has 0 atom stereocenters. The highest BCUT2D eigenvalue weighted by molar-refractivity contribution is 5.67. The van der Waals surface area contributed by atoms with Gasteiger partial charge in [0, 0.05) is 0 Å². The molecule has 0 aromatic heterocycles. The SMILES string of the molecule is C=CCc1ccc(OC(N)=O)cc1. The zero-order chi connectivity index (χ0) is 9.68. The Morgan fingerprint density at radius 1 is 1.46 bits per heavy atom. The van der Waals surface area contributed by atoms with Crippen LogP contribution in [0.15, 0.2) is 36.9 Å². The van der Waals surface area contributed by atoms with Gasteiger partial charge in [-0.05, 0) is 24.1 Å². The number of rotatable bonds is 3.